The number of carbonyl (C=O) groups excluding carboxylic acids is 2. The third-order valence-electron chi connectivity index (χ3n) is 2.95. The molecule has 4 N–H and O–H groups in total. The molecule has 1 aromatic carbocycles. The smallest absolute Gasteiger partial charge is 0.227 e. The summed E-state index contributed by atoms with van der Waals surface area (Å²) in [5.74, 6) is -0.304. The second-order valence-corrected chi connectivity index (χ2v) is 5.72. The Labute approximate surface area is 127 Å². The van der Waals surface area contributed by atoms with Gasteiger partial charge in [-0.05, 0) is 12.1 Å². The largest absolute Gasteiger partial charge is 0.375 e. The molecule has 1 aromatic rings. The molecular formula is C14H19N3O3S. The summed E-state index contributed by atoms with van der Waals surface area (Å²) in [4.78, 5) is 23.7. The summed E-state index contributed by atoms with van der Waals surface area (Å²) in [6.07, 6.45) is 0.214. The van der Waals surface area contributed by atoms with E-state index in [2.05, 4.69) is 10.6 Å². The van der Waals surface area contributed by atoms with Gasteiger partial charge in [0.1, 0.15) is 0 Å². The minimum Gasteiger partial charge on any atom is -0.375 e. The van der Waals surface area contributed by atoms with Crippen LogP contribution in [-0.2, 0) is 14.3 Å². The molecule has 114 valence electrons. The van der Waals surface area contributed by atoms with Crippen molar-refractivity contribution < 1.29 is 14.3 Å². The number of hydrogen-bond donors (Lipinski definition) is 3. The number of amides is 2. The van der Waals surface area contributed by atoms with Gasteiger partial charge in [-0.1, -0.05) is 12.1 Å². The molecule has 0 aliphatic carbocycles. The van der Waals surface area contributed by atoms with Gasteiger partial charge in [-0.2, -0.15) is 0 Å². The summed E-state index contributed by atoms with van der Waals surface area (Å²) in [5.41, 5.74) is 5.84. The van der Waals surface area contributed by atoms with E-state index in [1.807, 2.05) is 18.2 Å². The maximum absolute atomic E-state index is 12.1. The lowest BCUT2D eigenvalue weighted by Crippen LogP contribution is -2.40. The van der Waals surface area contributed by atoms with E-state index in [4.69, 9.17) is 10.5 Å². The third-order valence-corrected chi connectivity index (χ3v) is 4.04. The predicted octanol–water partition coefficient (Wildman–Crippen LogP) is 0.581. The van der Waals surface area contributed by atoms with E-state index in [0.717, 1.165) is 11.4 Å². The van der Waals surface area contributed by atoms with Crippen LogP contribution < -0.4 is 16.4 Å². The SMILES string of the molecule is NC(=O)CSc1ccccc1NC(=O)CC1CNCCO1. The van der Waals surface area contributed by atoms with Gasteiger partial charge in [-0.25, -0.2) is 0 Å². The van der Waals surface area contributed by atoms with Crippen LogP contribution in [0.25, 0.3) is 0 Å². The molecular weight excluding hydrogens is 290 g/mol. The molecule has 1 aliphatic heterocycles. The summed E-state index contributed by atoms with van der Waals surface area (Å²) in [7, 11) is 0. The van der Waals surface area contributed by atoms with Gasteiger partial charge in [0.2, 0.25) is 11.8 Å². The number of nitrogens with one attached hydrogen (secondary N) is 2. The Morgan fingerprint density at radius 1 is 1.43 bits per heavy atom. The molecule has 1 aliphatic rings. The van der Waals surface area contributed by atoms with Gasteiger partial charge < -0.3 is 21.1 Å². The van der Waals surface area contributed by atoms with Gasteiger partial charge in [-0.15, -0.1) is 11.8 Å². The molecule has 0 saturated carbocycles. The van der Waals surface area contributed by atoms with Crippen LogP contribution in [0.5, 0.6) is 0 Å². The number of hydrogen-bond acceptors (Lipinski definition) is 5. The lowest BCUT2D eigenvalue weighted by atomic mass is 10.2. The van der Waals surface area contributed by atoms with Crippen molar-refractivity contribution in [2.75, 3.05) is 30.8 Å². The summed E-state index contributed by atoms with van der Waals surface area (Å²) in [5, 5.41) is 6.05. The fourth-order valence-electron chi connectivity index (χ4n) is 2.00. The molecule has 6 nitrogen and oxygen atoms in total. The molecule has 1 heterocycles. The zero-order chi connectivity index (χ0) is 15.1. The maximum Gasteiger partial charge on any atom is 0.227 e. The molecule has 2 rings (SSSR count). The van der Waals surface area contributed by atoms with Crippen molar-refractivity contribution in [1.82, 2.24) is 5.32 Å². The Morgan fingerprint density at radius 2 is 2.24 bits per heavy atom. The monoisotopic (exact) mass is 309 g/mol. The van der Waals surface area contributed by atoms with Crippen molar-refractivity contribution in [3.8, 4) is 0 Å². The van der Waals surface area contributed by atoms with Crippen LogP contribution in [0, 0.1) is 0 Å². The zero-order valence-electron chi connectivity index (χ0n) is 11.6. The molecule has 1 saturated heterocycles. The first-order valence-corrected chi connectivity index (χ1v) is 7.76. The minimum atomic E-state index is -0.386. The Bertz CT molecular complexity index is 504. The van der Waals surface area contributed by atoms with Crippen LogP contribution in [0.15, 0.2) is 29.2 Å². The van der Waals surface area contributed by atoms with Gasteiger partial charge in [-0.3, -0.25) is 9.59 Å². The number of anilines is 1. The molecule has 1 unspecified atom stereocenters. The molecule has 7 heteroatoms. The topological polar surface area (TPSA) is 93.5 Å². The number of rotatable bonds is 6. The predicted molar refractivity (Wildman–Crippen MR) is 82.2 cm³/mol. The third kappa shape index (κ3) is 5.37. The summed E-state index contributed by atoms with van der Waals surface area (Å²) >= 11 is 1.31. The number of ether oxygens (including phenoxy) is 1. The van der Waals surface area contributed by atoms with Gasteiger partial charge in [0.25, 0.3) is 0 Å². The van der Waals surface area contributed by atoms with Crippen molar-refractivity contribution in [2.45, 2.75) is 17.4 Å². The van der Waals surface area contributed by atoms with E-state index >= 15 is 0 Å². The Kier molecular flexibility index (Phi) is 6.04. The van der Waals surface area contributed by atoms with Crippen molar-refractivity contribution in [3.63, 3.8) is 0 Å². The van der Waals surface area contributed by atoms with Gasteiger partial charge in [0.15, 0.2) is 0 Å². The van der Waals surface area contributed by atoms with Crippen LogP contribution in [-0.4, -0.2) is 43.4 Å². The van der Waals surface area contributed by atoms with Crippen molar-refractivity contribution in [1.29, 1.82) is 0 Å². The van der Waals surface area contributed by atoms with E-state index in [9.17, 15) is 9.59 Å². The number of thioether (sulfide) groups is 1. The standard InChI is InChI=1S/C14H19N3O3S/c15-13(18)9-21-12-4-2-1-3-11(12)17-14(19)7-10-8-16-5-6-20-10/h1-4,10,16H,5-9H2,(H2,15,18)(H,17,19). The molecule has 0 spiro atoms. The molecule has 0 bridgehead atoms. The number of carbonyl (C=O) groups is 2. The molecule has 0 aromatic heterocycles. The molecule has 1 fully saturated rings. The summed E-state index contributed by atoms with van der Waals surface area (Å²) in [6.45, 7) is 2.14. The molecule has 21 heavy (non-hydrogen) atoms. The van der Waals surface area contributed by atoms with Gasteiger partial charge in [0.05, 0.1) is 30.6 Å². The normalized spacial score (nSPS) is 18.2. The number of para-hydroxylation sites is 1. The van der Waals surface area contributed by atoms with E-state index in [0.29, 0.717) is 25.3 Å². The first kappa shape index (κ1) is 15.8. The Morgan fingerprint density at radius 3 is 2.95 bits per heavy atom. The average molecular weight is 309 g/mol. The van der Waals surface area contributed by atoms with Crippen LogP contribution in [0.1, 0.15) is 6.42 Å². The number of nitrogens with two attached hydrogens (primary N) is 1. The van der Waals surface area contributed by atoms with Gasteiger partial charge >= 0.3 is 0 Å². The van der Waals surface area contributed by atoms with E-state index in [1.165, 1.54) is 11.8 Å². The summed E-state index contributed by atoms with van der Waals surface area (Å²) in [6, 6.07) is 7.35. The quantitative estimate of drug-likeness (QED) is 0.668. The Balaban J connectivity index is 1.91. The van der Waals surface area contributed by atoms with Gasteiger partial charge in [0, 0.05) is 18.0 Å². The second-order valence-electron chi connectivity index (χ2n) is 4.70. The van der Waals surface area contributed by atoms with Crippen LogP contribution >= 0.6 is 11.8 Å². The second kappa shape index (κ2) is 8.02. The zero-order valence-corrected chi connectivity index (χ0v) is 12.4. The highest BCUT2D eigenvalue weighted by molar-refractivity contribution is 8.00. The number of morpholine rings is 1. The van der Waals surface area contributed by atoms with Crippen LogP contribution in [0.4, 0.5) is 5.69 Å². The van der Waals surface area contributed by atoms with Crippen molar-refractivity contribution in [2.24, 2.45) is 5.73 Å². The fraction of sp³-hybridized carbons (Fsp3) is 0.429. The van der Waals surface area contributed by atoms with E-state index in [1.54, 1.807) is 6.07 Å². The highest BCUT2D eigenvalue weighted by Gasteiger charge is 2.18. The lowest BCUT2D eigenvalue weighted by molar-refractivity contribution is -0.119. The van der Waals surface area contributed by atoms with Crippen molar-refractivity contribution >= 4 is 29.3 Å². The molecule has 1 atom stereocenters. The highest BCUT2D eigenvalue weighted by Crippen LogP contribution is 2.26. The Hall–Kier alpha value is -1.57. The molecule has 0 radical (unpaired) electrons. The van der Waals surface area contributed by atoms with Crippen LogP contribution in [0.3, 0.4) is 0 Å². The molecule has 2 amide bonds. The van der Waals surface area contributed by atoms with Crippen LogP contribution in [0.2, 0.25) is 0 Å². The fourth-order valence-corrected chi connectivity index (χ4v) is 2.75. The first-order valence-electron chi connectivity index (χ1n) is 6.77. The number of primary amides is 1. The summed E-state index contributed by atoms with van der Waals surface area (Å²) < 4.78 is 5.51. The maximum atomic E-state index is 12.1. The number of benzene rings is 1. The van der Waals surface area contributed by atoms with E-state index in [-0.39, 0.29) is 23.7 Å². The average Bonchev–Trinajstić information content (AvgIpc) is 2.47. The van der Waals surface area contributed by atoms with Crippen molar-refractivity contribution in [3.05, 3.63) is 24.3 Å². The first-order chi connectivity index (χ1) is 10.1. The highest BCUT2D eigenvalue weighted by atomic mass is 32.2. The van der Waals surface area contributed by atoms with E-state index < -0.39 is 0 Å². The lowest BCUT2D eigenvalue weighted by Gasteiger charge is -2.23. The minimum absolute atomic E-state index is 0.0933.